The Hall–Kier alpha value is -2.67. The Labute approximate surface area is 156 Å². The van der Waals surface area contributed by atoms with Gasteiger partial charge < -0.3 is 14.8 Å². The number of hydrogen-bond donors (Lipinski definition) is 1. The highest BCUT2D eigenvalue weighted by Gasteiger charge is 2.22. The van der Waals surface area contributed by atoms with Crippen LogP contribution in [0.5, 0.6) is 0 Å². The molecule has 1 aromatic heterocycles. The third-order valence-corrected chi connectivity index (χ3v) is 4.99. The molecule has 1 heterocycles. The lowest BCUT2D eigenvalue weighted by Gasteiger charge is -2.09. The highest BCUT2D eigenvalue weighted by Crippen LogP contribution is 2.36. The normalized spacial score (nSPS) is 11.5. The molecule has 0 spiro atoms. The topological polar surface area (TPSA) is 81.7 Å². The maximum absolute atomic E-state index is 12.2. The number of benzene rings is 1. The lowest BCUT2D eigenvalue weighted by Crippen LogP contribution is -2.18. The SMILES string of the molecule is CCOC(=O)c1cc(C(C)c2ccccc2)sc1NC(=O)CC(=O)OC. The molecule has 0 fully saturated rings. The first-order valence-corrected chi connectivity index (χ1v) is 9.00. The van der Waals surface area contributed by atoms with Crippen molar-refractivity contribution in [3.8, 4) is 0 Å². The van der Waals surface area contributed by atoms with Crippen LogP contribution in [0.3, 0.4) is 0 Å². The summed E-state index contributed by atoms with van der Waals surface area (Å²) in [6.45, 7) is 3.97. The Bertz CT molecular complexity index is 784. The van der Waals surface area contributed by atoms with Crippen molar-refractivity contribution in [2.24, 2.45) is 0 Å². The molecule has 7 heteroatoms. The van der Waals surface area contributed by atoms with Crippen LogP contribution in [0.15, 0.2) is 36.4 Å². The van der Waals surface area contributed by atoms with E-state index < -0.39 is 24.3 Å². The number of carbonyl (C=O) groups excluding carboxylic acids is 3. The fourth-order valence-electron chi connectivity index (χ4n) is 2.36. The molecule has 1 aromatic carbocycles. The second-order valence-electron chi connectivity index (χ2n) is 5.55. The summed E-state index contributed by atoms with van der Waals surface area (Å²) in [4.78, 5) is 36.4. The van der Waals surface area contributed by atoms with E-state index in [1.54, 1.807) is 13.0 Å². The molecule has 2 aromatic rings. The fraction of sp³-hybridized carbons (Fsp3) is 0.316. The summed E-state index contributed by atoms with van der Waals surface area (Å²) in [6, 6.07) is 11.6. The molecule has 0 saturated heterocycles. The molecule has 1 atom stereocenters. The molecule has 0 saturated carbocycles. The van der Waals surface area contributed by atoms with Crippen molar-refractivity contribution in [1.29, 1.82) is 0 Å². The van der Waals surface area contributed by atoms with E-state index >= 15 is 0 Å². The number of thiophene rings is 1. The maximum Gasteiger partial charge on any atom is 0.341 e. The van der Waals surface area contributed by atoms with Gasteiger partial charge in [0.25, 0.3) is 0 Å². The second kappa shape index (κ2) is 9.15. The number of nitrogens with one attached hydrogen (secondary N) is 1. The number of ether oxygens (including phenoxy) is 2. The zero-order valence-electron chi connectivity index (χ0n) is 14.9. The van der Waals surface area contributed by atoms with Crippen LogP contribution in [0.1, 0.15) is 47.0 Å². The van der Waals surface area contributed by atoms with Crippen LogP contribution in [0, 0.1) is 0 Å². The zero-order chi connectivity index (χ0) is 19.1. The van der Waals surface area contributed by atoms with Crippen molar-refractivity contribution in [2.75, 3.05) is 19.0 Å². The maximum atomic E-state index is 12.2. The van der Waals surface area contributed by atoms with E-state index in [-0.39, 0.29) is 18.1 Å². The van der Waals surface area contributed by atoms with Gasteiger partial charge in [-0.3, -0.25) is 9.59 Å². The van der Waals surface area contributed by atoms with Gasteiger partial charge in [0.2, 0.25) is 5.91 Å². The highest BCUT2D eigenvalue weighted by molar-refractivity contribution is 7.16. The van der Waals surface area contributed by atoms with E-state index in [0.717, 1.165) is 10.4 Å². The standard InChI is InChI=1S/C19H21NO5S/c1-4-25-19(23)14-10-15(12(2)13-8-6-5-7-9-13)26-18(14)20-16(21)11-17(22)24-3/h5-10,12H,4,11H2,1-3H3,(H,20,21). The number of esters is 2. The summed E-state index contributed by atoms with van der Waals surface area (Å²) in [5.41, 5.74) is 1.38. The summed E-state index contributed by atoms with van der Waals surface area (Å²) in [7, 11) is 1.21. The summed E-state index contributed by atoms with van der Waals surface area (Å²) in [5.74, 6) is -1.65. The Morgan fingerprint density at radius 2 is 1.88 bits per heavy atom. The number of hydrogen-bond acceptors (Lipinski definition) is 6. The predicted molar refractivity (Wildman–Crippen MR) is 99.5 cm³/mol. The minimum atomic E-state index is -0.644. The molecular formula is C19H21NO5S. The number of anilines is 1. The fourth-order valence-corrected chi connectivity index (χ4v) is 3.50. The van der Waals surface area contributed by atoms with Crippen molar-refractivity contribution in [2.45, 2.75) is 26.2 Å². The first kappa shape index (κ1) is 19.7. The third kappa shape index (κ3) is 4.92. The van der Waals surface area contributed by atoms with Crippen molar-refractivity contribution < 1.29 is 23.9 Å². The quantitative estimate of drug-likeness (QED) is 0.591. The molecule has 0 aliphatic rings. The van der Waals surface area contributed by atoms with Gasteiger partial charge in [-0.15, -0.1) is 11.3 Å². The molecule has 0 radical (unpaired) electrons. The largest absolute Gasteiger partial charge is 0.469 e. The van der Waals surface area contributed by atoms with Gasteiger partial charge in [0.15, 0.2) is 0 Å². The van der Waals surface area contributed by atoms with Gasteiger partial charge >= 0.3 is 11.9 Å². The van der Waals surface area contributed by atoms with Crippen molar-refractivity contribution in [1.82, 2.24) is 0 Å². The number of carbonyl (C=O) groups is 3. The zero-order valence-corrected chi connectivity index (χ0v) is 15.7. The highest BCUT2D eigenvalue weighted by atomic mass is 32.1. The Kier molecular flexibility index (Phi) is 6.91. The van der Waals surface area contributed by atoms with E-state index in [4.69, 9.17) is 4.74 Å². The Morgan fingerprint density at radius 1 is 1.19 bits per heavy atom. The van der Waals surface area contributed by atoms with E-state index in [0.29, 0.717) is 5.00 Å². The summed E-state index contributed by atoms with van der Waals surface area (Å²) in [5, 5.41) is 2.99. The van der Waals surface area contributed by atoms with Crippen LogP contribution < -0.4 is 5.32 Å². The smallest absolute Gasteiger partial charge is 0.341 e. The van der Waals surface area contributed by atoms with E-state index in [1.807, 2.05) is 37.3 Å². The van der Waals surface area contributed by atoms with Gasteiger partial charge in [0.05, 0.1) is 19.3 Å². The van der Waals surface area contributed by atoms with Crippen LogP contribution >= 0.6 is 11.3 Å². The first-order chi connectivity index (χ1) is 12.5. The van der Waals surface area contributed by atoms with Crippen LogP contribution in [-0.2, 0) is 19.1 Å². The van der Waals surface area contributed by atoms with E-state index in [1.165, 1.54) is 18.4 Å². The van der Waals surface area contributed by atoms with Crippen LogP contribution in [0.4, 0.5) is 5.00 Å². The molecule has 0 bridgehead atoms. The van der Waals surface area contributed by atoms with E-state index in [2.05, 4.69) is 10.1 Å². The van der Waals surface area contributed by atoms with Gasteiger partial charge in [-0.1, -0.05) is 37.3 Å². The molecule has 1 N–H and O–H groups in total. The lowest BCUT2D eigenvalue weighted by atomic mass is 9.99. The third-order valence-electron chi connectivity index (χ3n) is 3.76. The van der Waals surface area contributed by atoms with Gasteiger partial charge in [0, 0.05) is 10.8 Å². The number of rotatable bonds is 7. The average molecular weight is 375 g/mol. The Balaban J connectivity index is 2.30. The average Bonchev–Trinajstić information content (AvgIpc) is 3.05. The number of methoxy groups -OCH3 is 1. The molecule has 1 unspecified atom stereocenters. The van der Waals surface area contributed by atoms with Gasteiger partial charge in [-0.05, 0) is 18.6 Å². The molecule has 0 aliphatic heterocycles. The molecule has 0 aliphatic carbocycles. The minimum absolute atomic E-state index is 0.0423. The minimum Gasteiger partial charge on any atom is -0.469 e. The molecule has 26 heavy (non-hydrogen) atoms. The molecule has 2 rings (SSSR count). The van der Waals surface area contributed by atoms with Crippen molar-refractivity contribution in [3.63, 3.8) is 0 Å². The summed E-state index contributed by atoms with van der Waals surface area (Å²) >= 11 is 1.29. The molecule has 6 nitrogen and oxygen atoms in total. The molecule has 138 valence electrons. The lowest BCUT2D eigenvalue weighted by molar-refractivity contribution is -0.142. The van der Waals surface area contributed by atoms with Gasteiger partial charge in [0.1, 0.15) is 11.4 Å². The van der Waals surface area contributed by atoms with Crippen molar-refractivity contribution in [3.05, 3.63) is 52.4 Å². The van der Waals surface area contributed by atoms with Gasteiger partial charge in [-0.25, -0.2) is 4.79 Å². The predicted octanol–water partition coefficient (Wildman–Crippen LogP) is 3.58. The molecular weight excluding hydrogens is 354 g/mol. The monoisotopic (exact) mass is 375 g/mol. The summed E-state index contributed by atoms with van der Waals surface area (Å²) in [6.07, 6.45) is -0.416. The van der Waals surface area contributed by atoms with Crippen LogP contribution in [0.25, 0.3) is 0 Å². The van der Waals surface area contributed by atoms with E-state index in [9.17, 15) is 14.4 Å². The van der Waals surface area contributed by atoms with Gasteiger partial charge in [-0.2, -0.15) is 0 Å². The summed E-state index contributed by atoms with van der Waals surface area (Å²) < 4.78 is 9.56. The van der Waals surface area contributed by atoms with Crippen molar-refractivity contribution >= 4 is 34.2 Å². The van der Waals surface area contributed by atoms with Crippen LogP contribution in [-0.4, -0.2) is 31.6 Å². The molecule has 1 amide bonds. The Morgan fingerprint density at radius 3 is 2.50 bits per heavy atom. The first-order valence-electron chi connectivity index (χ1n) is 8.18. The second-order valence-corrected chi connectivity index (χ2v) is 6.63. The van der Waals surface area contributed by atoms with Crippen LogP contribution in [0.2, 0.25) is 0 Å². The number of amides is 1.